The fourth-order valence-corrected chi connectivity index (χ4v) is 4.38. The average molecular weight is 325 g/mol. The van der Waals surface area contributed by atoms with Crippen LogP contribution in [0.4, 0.5) is 4.39 Å². The van der Waals surface area contributed by atoms with Crippen molar-refractivity contribution in [1.82, 2.24) is 5.43 Å². The maximum Gasteiger partial charge on any atom is 0.141 e. The molecule has 112 valence electrons. The van der Waals surface area contributed by atoms with Crippen LogP contribution in [-0.4, -0.2) is 6.04 Å². The zero-order chi connectivity index (χ0) is 14.8. The fraction of sp³-hybridized carbons (Fsp3) is 0.375. The highest BCUT2D eigenvalue weighted by molar-refractivity contribution is 7.10. The molecule has 1 aromatic heterocycles. The van der Waals surface area contributed by atoms with E-state index in [4.69, 9.17) is 17.4 Å². The highest BCUT2D eigenvalue weighted by Gasteiger charge is 2.28. The van der Waals surface area contributed by atoms with Gasteiger partial charge in [-0.3, -0.25) is 11.3 Å². The first-order valence-corrected chi connectivity index (χ1v) is 8.41. The first kappa shape index (κ1) is 15.0. The van der Waals surface area contributed by atoms with Crippen molar-refractivity contribution < 1.29 is 4.39 Å². The van der Waals surface area contributed by atoms with Crippen LogP contribution in [0.1, 0.15) is 34.8 Å². The lowest BCUT2D eigenvalue weighted by Crippen LogP contribution is -2.42. The lowest BCUT2D eigenvalue weighted by Gasteiger charge is -2.30. The van der Waals surface area contributed by atoms with Crippen molar-refractivity contribution in [3.05, 3.63) is 56.5 Å². The van der Waals surface area contributed by atoms with E-state index in [1.165, 1.54) is 29.3 Å². The highest BCUT2D eigenvalue weighted by Crippen LogP contribution is 2.37. The molecule has 1 heterocycles. The highest BCUT2D eigenvalue weighted by atomic mass is 35.5. The third-order valence-corrected chi connectivity index (χ3v) is 5.52. The van der Waals surface area contributed by atoms with E-state index >= 15 is 0 Å². The first-order valence-electron chi connectivity index (χ1n) is 7.15. The number of rotatable bonds is 4. The summed E-state index contributed by atoms with van der Waals surface area (Å²) in [6, 6.07) is 7.25. The van der Waals surface area contributed by atoms with Crippen LogP contribution in [0.25, 0.3) is 0 Å². The van der Waals surface area contributed by atoms with Crippen molar-refractivity contribution in [2.45, 2.75) is 37.6 Å². The second-order valence-electron chi connectivity index (χ2n) is 5.52. The molecule has 0 saturated carbocycles. The molecule has 0 aliphatic heterocycles. The third kappa shape index (κ3) is 3.14. The van der Waals surface area contributed by atoms with Crippen LogP contribution in [0.15, 0.2) is 29.6 Å². The Bertz CT molecular complexity index is 628. The van der Waals surface area contributed by atoms with Gasteiger partial charge in [-0.25, -0.2) is 4.39 Å². The number of fused-ring (bicyclic) bond motifs is 1. The molecule has 5 heteroatoms. The van der Waals surface area contributed by atoms with Crippen molar-refractivity contribution in [3.63, 3.8) is 0 Å². The number of hydrogen-bond donors (Lipinski definition) is 2. The van der Waals surface area contributed by atoms with Gasteiger partial charge < -0.3 is 0 Å². The second-order valence-corrected chi connectivity index (χ2v) is 6.93. The Kier molecular flexibility index (Phi) is 4.60. The second kappa shape index (κ2) is 6.44. The Morgan fingerprint density at radius 1 is 1.43 bits per heavy atom. The molecule has 1 aromatic carbocycles. The predicted molar refractivity (Wildman–Crippen MR) is 86.2 cm³/mol. The minimum Gasteiger partial charge on any atom is -0.271 e. The molecule has 2 nitrogen and oxygen atoms in total. The van der Waals surface area contributed by atoms with E-state index < -0.39 is 0 Å². The van der Waals surface area contributed by atoms with Gasteiger partial charge in [0.2, 0.25) is 0 Å². The van der Waals surface area contributed by atoms with Crippen molar-refractivity contribution in [2.24, 2.45) is 5.84 Å². The SMILES string of the molecule is NNC(Cc1ccc(F)c(Cl)c1)C1CCCc2sccc21. The number of aryl methyl sites for hydroxylation is 1. The fourth-order valence-electron chi connectivity index (χ4n) is 3.18. The zero-order valence-electron chi connectivity index (χ0n) is 11.6. The molecule has 1 aliphatic rings. The summed E-state index contributed by atoms with van der Waals surface area (Å²) in [5, 5.41) is 2.33. The van der Waals surface area contributed by atoms with Crippen LogP contribution in [0.5, 0.6) is 0 Å². The number of nitrogens with one attached hydrogen (secondary N) is 1. The molecule has 0 bridgehead atoms. The van der Waals surface area contributed by atoms with Gasteiger partial charge >= 0.3 is 0 Å². The standard InChI is InChI=1S/C16H18ClFN2S/c17-13-8-10(4-5-14(13)18)9-15(20-19)11-2-1-3-16-12(11)6-7-21-16/h4-8,11,15,20H,1-3,9,19H2. The third-order valence-electron chi connectivity index (χ3n) is 4.24. The summed E-state index contributed by atoms with van der Waals surface area (Å²) < 4.78 is 13.3. The summed E-state index contributed by atoms with van der Waals surface area (Å²) in [5.41, 5.74) is 5.38. The van der Waals surface area contributed by atoms with E-state index in [1.54, 1.807) is 12.1 Å². The van der Waals surface area contributed by atoms with Gasteiger partial charge in [0.25, 0.3) is 0 Å². The molecular weight excluding hydrogens is 307 g/mol. The molecular formula is C16H18ClFN2S. The lowest BCUT2D eigenvalue weighted by atomic mass is 9.80. The van der Waals surface area contributed by atoms with E-state index in [2.05, 4.69) is 16.9 Å². The van der Waals surface area contributed by atoms with Gasteiger partial charge in [-0.15, -0.1) is 11.3 Å². The summed E-state index contributed by atoms with van der Waals surface area (Å²) in [5.74, 6) is 5.82. The molecule has 2 unspecified atom stereocenters. The summed E-state index contributed by atoms with van der Waals surface area (Å²) in [6.07, 6.45) is 4.24. The van der Waals surface area contributed by atoms with E-state index in [9.17, 15) is 4.39 Å². The van der Waals surface area contributed by atoms with Gasteiger partial charge in [0, 0.05) is 16.8 Å². The molecule has 3 N–H and O–H groups in total. The zero-order valence-corrected chi connectivity index (χ0v) is 13.2. The lowest BCUT2D eigenvalue weighted by molar-refractivity contribution is 0.397. The summed E-state index contributed by atoms with van der Waals surface area (Å²) >= 11 is 7.69. The van der Waals surface area contributed by atoms with Crippen molar-refractivity contribution >= 4 is 22.9 Å². The quantitative estimate of drug-likeness (QED) is 0.658. The molecule has 0 fully saturated rings. The van der Waals surface area contributed by atoms with Crippen molar-refractivity contribution in [2.75, 3.05) is 0 Å². The average Bonchev–Trinajstić information content (AvgIpc) is 2.97. The Morgan fingerprint density at radius 3 is 3.05 bits per heavy atom. The van der Waals surface area contributed by atoms with Crippen molar-refractivity contribution in [1.29, 1.82) is 0 Å². The van der Waals surface area contributed by atoms with Crippen LogP contribution in [0.3, 0.4) is 0 Å². The monoisotopic (exact) mass is 324 g/mol. The van der Waals surface area contributed by atoms with E-state index in [1.807, 2.05) is 11.3 Å². The predicted octanol–water partition coefficient (Wildman–Crippen LogP) is 4.04. The van der Waals surface area contributed by atoms with Gasteiger partial charge in [-0.1, -0.05) is 17.7 Å². The summed E-state index contributed by atoms with van der Waals surface area (Å²) in [6.45, 7) is 0. The molecule has 2 aromatic rings. The van der Waals surface area contributed by atoms with Crippen LogP contribution in [-0.2, 0) is 12.8 Å². The number of thiophene rings is 1. The number of nitrogens with two attached hydrogens (primary N) is 1. The van der Waals surface area contributed by atoms with Crippen molar-refractivity contribution in [3.8, 4) is 0 Å². The number of hydrogen-bond acceptors (Lipinski definition) is 3. The molecule has 1 aliphatic carbocycles. The summed E-state index contributed by atoms with van der Waals surface area (Å²) in [4.78, 5) is 1.48. The topological polar surface area (TPSA) is 38.0 Å². The minimum absolute atomic E-state index is 0.139. The van der Waals surface area contributed by atoms with Gasteiger partial charge in [0.15, 0.2) is 0 Å². The molecule has 0 spiro atoms. The maximum absolute atomic E-state index is 13.3. The number of benzene rings is 1. The summed E-state index contributed by atoms with van der Waals surface area (Å²) in [7, 11) is 0. The number of hydrazine groups is 1. The molecule has 2 atom stereocenters. The normalized spacial score (nSPS) is 19.3. The number of halogens is 2. The van der Waals surface area contributed by atoms with Gasteiger partial charge in [-0.05, 0) is 60.4 Å². The maximum atomic E-state index is 13.3. The van der Waals surface area contributed by atoms with E-state index in [-0.39, 0.29) is 16.9 Å². The van der Waals surface area contributed by atoms with Crippen LogP contribution in [0, 0.1) is 5.82 Å². The van der Waals surface area contributed by atoms with Gasteiger partial charge in [-0.2, -0.15) is 0 Å². The molecule has 0 saturated heterocycles. The van der Waals surface area contributed by atoms with Crippen LogP contribution in [0.2, 0.25) is 5.02 Å². The van der Waals surface area contributed by atoms with Gasteiger partial charge in [0.1, 0.15) is 5.82 Å². The Morgan fingerprint density at radius 2 is 2.29 bits per heavy atom. The van der Waals surface area contributed by atoms with Crippen LogP contribution < -0.4 is 11.3 Å². The Balaban J connectivity index is 1.81. The molecule has 0 amide bonds. The molecule has 3 rings (SSSR count). The Hall–Kier alpha value is -0.940. The first-order chi connectivity index (χ1) is 10.2. The smallest absolute Gasteiger partial charge is 0.141 e. The van der Waals surface area contributed by atoms with Crippen LogP contribution >= 0.6 is 22.9 Å². The largest absolute Gasteiger partial charge is 0.271 e. The van der Waals surface area contributed by atoms with Gasteiger partial charge in [0.05, 0.1) is 5.02 Å². The van der Waals surface area contributed by atoms with E-state index in [0.29, 0.717) is 5.92 Å². The molecule has 0 radical (unpaired) electrons. The molecule has 21 heavy (non-hydrogen) atoms. The Labute approximate surface area is 133 Å². The minimum atomic E-state index is -0.379. The van der Waals surface area contributed by atoms with E-state index in [0.717, 1.165) is 18.4 Å².